The lowest BCUT2D eigenvalue weighted by Gasteiger charge is -2.36. The number of likely N-dealkylation sites (tertiary alicyclic amines) is 1. The second-order valence-corrected chi connectivity index (χ2v) is 9.99. The van der Waals surface area contributed by atoms with Crippen molar-refractivity contribution in [3.8, 4) is 27.8 Å². The van der Waals surface area contributed by atoms with Gasteiger partial charge in [0.2, 0.25) is 0 Å². The lowest BCUT2D eigenvalue weighted by Crippen LogP contribution is -2.49. The normalized spacial score (nSPS) is 14.1. The van der Waals surface area contributed by atoms with E-state index >= 15 is 0 Å². The summed E-state index contributed by atoms with van der Waals surface area (Å²) in [5.74, 6) is -1.01. The fourth-order valence-corrected chi connectivity index (χ4v) is 5.48. The molecule has 180 valence electrons. The van der Waals surface area contributed by atoms with Gasteiger partial charge in [0.15, 0.2) is 11.6 Å². The van der Waals surface area contributed by atoms with E-state index in [1.807, 2.05) is 10.8 Å². The molecular formula is C26H23ClFN3O3S. The number of imidazole rings is 1. The summed E-state index contributed by atoms with van der Waals surface area (Å²) >= 11 is 7.78. The summed E-state index contributed by atoms with van der Waals surface area (Å²) in [5.41, 5.74) is 2.49. The van der Waals surface area contributed by atoms with Crippen LogP contribution in [0, 0.1) is 11.7 Å². The van der Waals surface area contributed by atoms with Crippen LogP contribution in [0.2, 0.25) is 5.02 Å². The van der Waals surface area contributed by atoms with E-state index < -0.39 is 11.8 Å². The van der Waals surface area contributed by atoms with Gasteiger partial charge in [0, 0.05) is 36.3 Å². The number of benzene rings is 2. The van der Waals surface area contributed by atoms with Gasteiger partial charge in [-0.3, -0.25) is 14.3 Å². The van der Waals surface area contributed by atoms with Gasteiger partial charge in [0.25, 0.3) is 0 Å². The maximum atomic E-state index is 14.8. The minimum Gasteiger partial charge on any atom is -0.481 e. The number of aromatic nitrogens is 2. The Kier molecular flexibility index (Phi) is 6.60. The van der Waals surface area contributed by atoms with Gasteiger partial charge >= 0.3 is 5.97 Å². The predicted octanol–water partition coefficient (Wildman–Crippen LogP) is 6.26. The fraction of sp³-hybridized carbons (Fsp3) is 0.231. The van der Waals surface area contributed by atoms with E-state index in [2.05, 4.69) is 22.9 Å². The molecule has 0 bridgehead atoms. The number of carbonyl (C=O) groups is 1. The summed E-state index contributed by atoms with van der Waals surface area (Å²) in [6, 6.07) is 13.9. The van der Waals surface area contributed by atoms with E-state index in [1.54, 1.807) is 54.1 Å². The minimum absolute atomic E-state index is 0.0913. The lowest BCUT2D eigenvalue weighted by atomic mass is 10.0. The van der Waals surface area contributed by atoms with Crippen LogP contribution in [0.5, 0.6) is 11.5 Å². The number of para-hydroxylation sites is 1. The number of halogens is 2. The van der Waals surface area contributed by atoms with Crippen molar-refractivity contribution < 1.29 is 19.0 Å². The maximum absolute atomic E-state index is 14.8. The summed E-state index contributed by atoms with van der Waals surface area (Å²) in [6.07, 6.45) is 4.49. The Morgan fingerprint density at radius 3 is 2.74 bits per heavy atom. The second kappa shape index (κ2) is 9.81. The number of thiophene rings is 1. The summed E-state index contributed by atoms with van der Waals surface area (Å²) in [6.45, 7) is 4.01. The van der Waals surface area contributed by atoms with E-state index in [0.29, 0.717) is 35.1 Å². The molecule has 5 rings (SSSR count). The molecule has 2 aromatic heterocycles. The number of carboxylic acid groups (broad SMARTS) is 1. The van der Waals surface area contributed by atoms with E-state index in [0.717, 1.165) is 18.0 Å². The van der Waals surface area contributed by atoms with Crippen molar-refractivity contribution in [2.24, 2.45) is 5.92 Å². The third-order valence-corrected chi connectivity index (χ3v) is 7.49. The van der Waals surface area contributed by atoms with E-state index in [1.165, 1.54) is 16.5 Å². The maximum Gasteiger partial charge on any atom is 0.309 e. The zero-order chi connectivity index (χ0) is 24.5. The monoisotopic (exact) mass is 511 g/mol. The average Bonchev–Trinajstić information content (AvgIpc) is 3.45. The van der Waals surface area contributed by atoms with E-state index in [9.17, 15) is 9.18 Å². The second-order valence-electron chi connectivity index (χ2n) is 8.47. The molecule has 4 aromatic rings. The Bertz CT molecular complexity index is 1380. The van der Waals surface area contributed by atoms with Crippen molar-refractivity contribution in [3.63, 3.8) is 0 Å². The highest BCUT2D eigenvalue weighted by Crippen LogP contribution is 2.34. The Hall–Kier alpha value is -3.20. The quantitative estimate of drug-likeness (QED) is 0.302. The highest BCUT2D eigenvalue weighted by Gasteiger charge is 2.32. The van der Waals surface area contributed by atoms with Crippen molar-refractivity contribution >= 4 is 28.9 Å². The Morgan fingerprint density at radius 2 is 2.03 bits per heavy atom. The van der Waals surface area contributed by atoms with Crippen molar-refractivity contribution in [2.45, 2.75) is 19.9 Å². The molecule has 2 aromatic carbocycles. The van der Waals surface area contributed by atoms with E-state index in [4.69, 9.17) is 21.4 Å². The van der Waals surface area contributed by atoms with Crippen LogP contribution in [0.3, 0.4) is 0 Å². The first kappa shape index (κ1) is 23.5. The first-order chi connectivity index (χ1) is 16.9. The minimum atomic E-state index is -0.729. The first-order valence-corrected chi connectivity index (χ1v) is 12.4. The third-order valence-electron chi connectivity index (χ3n) is 6.01. The molecule has 3 heterocycles. The SMILES string of the molecule is CCc1cc(CN2CC(C(=O)O)C2)sc1-n1cnc(-c2ccc(Oc3ccccc3Cl)c(F)c2)c1. The van der Waals surface area contributed by atoms with Gasteiger partial charge in [-0.1, -0.05) is 30.7 Å². The predicted molar refractivity (Wildman–Crippen MR) is 134 cm³/mol. The molecule has 1 N–H and O–H groups in total. The van der Waals surface area contributed by atoms with Crippen LogP contribution < -0.4 is 4.74 Å². The van der Waals surface area contributed by atoms with Crippen LogP contribution >= 0.6 is 22.9 Å². The molecule has 6 nitrogen and oxygen atoms in total. The molecule has 0 saturated carbocycles. The van der Waals surface area contributed by atoms with Gasteiger partial charge in [0.1, 0.15) is 17.1 Å². The summed E-state index contributed by atoms with van der Waals surface area (Å²) in [7, 11) is 0. The molecule has 1 aliphatic rings. The number of hydrogen-bond donors (Lipinski definition) is 1. The molecule has 1 aliphatic heterocycles. The molecular weight excluding hydrogens is 489 g/mol. The first-order valence-electron chi connectivity index (χ1n) is 11.2. The molecule has 1 fully saturated rings. The van der Waals surface area contributed by atoms with Crippen LogP contribution in [0.15, 0.2) is 61.1 Å². The zero-order valence-corrected chi connectivity index (χ0v) is 20.5. The number of aliphatic carboxylic acids is 1. The van der Waals surface area contributed by atoms with Gasteiger partial charge in [-0.05, 0) is 48.4 Å². The number of aryl methyl sites for hydroxylation is 1. The molecule has 0 atom stereocenters. The lowest BCUT2D eigenvalue weighted by molar-refractivity contribution is -0.147. The Morgan fingerprint density at radius 1 is 1.23 bits per heavy atom. The number of rotatable bonds is 8. The van der Waals surface area contributed by atoms with Gasteiger partial charge in [-0.2, -0.15) is 0 Å². The molecule has 9 heteroatoms. The van der Waals surface area contributed by atoms with Crippen molar-refractivity contribution in [1.82, 2.24) is 14.5 Å². The van der Waals surface area contributed by atoms with Crippen LogP contribution in [0.25, 0.3) is 16.3 Å². The number of carboxylic acids is 1. The highest BCUT2D eigenvalue weighted by atomic mass is 35.5. The number of ether oxygens (including phenoxy) is 1. The fourth-order valence-electron chi connectivity index (χ4n) is 4.07. The van der Waals surface area contributed by atoms with Crippen LogP contribution in [-0.2, 0) is 17.8 Å². The largest absolute Gasteiger partial charge is 0.481 e. The topological polar surface area (TPSA) is 67.6 Å². The van der Waals surface area contributed by atoms with E-state index in [-0.39, 0.29) is 11.7 Å². The van der Waals surface area contributed by atoms with Crippen molar-refractivity contribution in [3.05, 3.63) is 82.3 Å². The number of hydrogen-bond acceptors (Lipinski definition) is 5. The molecule has 1 saturated heterocycles. The highest BCUT2D eigenvalue weighted by molar-refractivity contribution is 7.14. The van der Waals surface area contributed by atoms with Gasteiger partial charge < -0.3 is 9.84 Å². The third kappa shape index (κ3) is 4.96. The van der Waals surface area contributed by atoms with Crippen LogP contribution in [0.1, 0.15) is 17.4 Å². The summed E-state index contributed by atoms with van der Waals surface area (Å²) < 4.78 is 22.4. The molecule has 0 amide bonds. The van der Waals surface area contributed by atoms with Gasteiger partial charge in [-0.25, -0.2) is 9.37 Å². The number of nitrogens with zero attached hydrogens (tertiary/aromatic N) is 3. The molecule has 0 aliphatic carbocycles. The molecule has 0 spiro atoms. The van der Waals surface area contributed by atoms with Crippen molar-refractivity contribution in [2.75, 3.05) is 13.1 Å². The van der Waals surface area contributed by atoms with Crippen LogP contribution in [0.4, 0.5) is 4.39 Å². The van der Waals surface area contributed by atoms with Gasteiger partial charge in [-0.15, -0.1) is 11.3 Å². The Labute approximate surface area is 211 Å². The molecule has 0 radical (unpaired) electrons. The smallest absolute Gasteiger partial charge is 0.309 e. The molecule has 0 unspecified atom stereocenters. The van der Waals surface area contributed by atoms with Gasteiger partial charge in [0.05, 0.1) is 16.6 Å². The van der Waals surface area contributed by atoms with Crippen molar-refractivity contribution in [1.29, 1.82) is 0 Å². The molecule has 35 heavy (non-hydrogen) atoms. The summed E-state index contributed by atoms with van der Waals surface area (Å²) in [5, 5.41) is 10.6. The van der Waals surface area contributed by atoms with Crippen LogP contribution in [-0.4, -0.2) is 38.6 Å². The standard InChI is InChI=1S/C26H23ClFN3O3S/c1-2-16-9-19(13-30-11-18(12-30)26(32)33)35-25(16)31-14-22(29-15-31)17-7-8-24(21(28)10-17)34-23-6-4-3-5-20(23)27/h3-10,14-15,18H,2,11-13H2,1H3,(H,32,33). The zero-order valence-electron chi connectivity index (χ0n) is 18.9. The Balaban J connectivity index is 1.33. The summed E-state index contributed by atoms with van der Waals surface area (Å²) in [4.78, 5) is 18.9. The average molecular weight is 512 g/mol.